The number of aromatic nitrogens is 3. The molecule has 0 radical (unpaired) electrons. The Morgan fingerprint density at radius 3 is 2.26 bits per heavy atom. The normalized spacial score (nSPS) is 11.1. The van der Waals surface area contributed by atoms with Crippen LogP contribution in [0.15, 0.2) is 99.0 Å². The number of unbranched alkanes of at least 4 members (excludes halogenated alkanes) is 1. The third-order valence-corrected chi connectivity index (χ3v) is 7.23. The van der Waals surface area contributed by atoms with Crippen molar-refractivity contribution >= 4 is 0 Å². The summed E-state index contributed by atoms with van der Waals surface area (Å²) < 4.78 is 6.64. The Bertz CT molecular complexity index is 1660. The molecule has 5 aromatic rings. The summed E-state index contributed by atoms with van der Waals surface area (Å²) in [6.07, 6.45) is 4.45. The van der Waals surface area contributed by atoms with E-state index in [9.17, 15) is 9.59 Å². The number of pyridine rings is 1. The van der Waals surface area contributed by atoms with Gasteiger partial charge in [0.25, 0.3) is 5.56 Å². The molecule has 0 saturated carbocycles. The van der Waals surface area contributed by atoms with Crippen molar-refractivity contribution in [2.45, 2.75) is 52.5 Å². The predicted molar refractivity (Wildman–Crippen MR) is 155 cm³/mol. The molecule has 198 valence electrons. The lowest BCUT2D eigenvalue weighted by Gasteiger charge is -2.17. The molecule has 0 aliphatic heterocycles. The Hall–Kier alpha value is -4.45. The molecule has 1 N–H and O–H groups in total. The van der Waals surface area contributed by atoms with Crippen molar-refractivity contribution in [3.63, 3.8) is 0 Å². The summed E-state index contributed by atoms with van der Waals surface area (Å²) in [4.78, 5) is 27.9. The zero-order valence-electron chi connectivity index (χ0n) is 22.4. The van der Waals surface area contributed by atoms with Gasteiger partial charge in [0.1, 0.15) is 0 Å². The van der Waals surface area contributed by atoms with Gasteiger partial charge in [-0.2, -0.15) is 0 Å². The molecule has 0 aliphatic carbocycles. The Morgan fingerprint density at radius 1 is 0.846 bits per heavy atom. The number of H-pyrrole nitrogens is 1. The quantitative estimate of drug-likeness (QED) is 0.233. The molecule has 0 amide bonds. The molecule has 0 unspecified atom stereocenters. The molecule has 5 rings (SSSR count). The van der Waals surface area contributed by atoms with E-state index in [2.05, 4.69) is 59.5 Å². The second-order valence-corrected chi connectivity index (χ2v) is 9.95. The summed E-state index contributed by atoms with van der Waals surface area (Å²) in [6.45, 7) is 4.88. The van der Waals surface area contributed by atoms with E-state index in [1.807, 2.05) is 54.0 Å². The molecule has 0 bridgehead atoms. The SMILES string of the molecule is CCCCc1cc(C)n(CCc2ccccc2)c(=O)c1Cc1ccc(-c2ccccc2-c2noc(=O)[nH]2)cc1. The summed E-state index contributed by atoms with van der Waals surface area (Å²) >= 11 is 0. The second-order valence-electron chi connectivity index (χ2n) is 9.95. The largest absolute Gasteiger partial charge is 0.439 e. The van der Waals surface area contributed by atoms with Crippen molar-refractivity contribution in [2.24, 2.45) is 0 Å². The van der Waals surface area contributed by atoms with E-state index in [1.165, 1.54) is 5.56 Å². The zero-order valence-corrected chi connectivity index (χ0v) is 22.4. The van der Waals surface area contributed by atoms with Crippen LogP contribution in [0.1, 0.15) is 47.7 Å². The first-order chi connectivity index (χ1) is 19.0. The maximum Gasteiger partial charge on any atom is 0.439 e. The highest BCUT2D eigenvalue weighted by molar-refractivity contribution is 5.80. The van der Waals surface area contributed by atoms with E-state index in [1.54, 1.807) is 0 Å². The minimum atomic E-state index is -0.582. The molecule has 0 aliphatic rings. The number of nitrogens with one attached hydrogen (secondary N) is 1. The van der Waals surface area contributed by atoms with Gasteiger partial charge >= 0.3 is 5.76 Å². The smallest absolute Gasteiger partial charge is 0.312 e. The molecule has 0 saturated heterocycles. The van der Waals surface area contributed by atoms with Crippen LogP contribution in [-0.4, -0.2) is 14.7 Å². The molecule has 6 heteroatoms. The van der Waals surface area contributed by atoms with Crippen molar-refractivity contribution in [3.8, 4) is 22.5 Å². The van der Waals surface area contributed by atoms with Crippen LogP contribution in [0.5, 0.6) is 0 Å². The molecule has 2 heterocycles. The number of hydrogen-bond donors (Lipinski definition) is 1. The summed E-state index contributed by atoms with van der Waals surface area (Å²) in [5.74, 6) is -0.183. The molecular weight excluding hydrogens is 486 g/mol. The monoisotopic (exact) mass is 519 g/mol. The first-order valence-corrected chi connectivity index (χ1v) is 13.5. The maximum atomic E-state index is 13.8. The number of hydrogen-bond acceptors (Lipinski definition) is 4. The van der Waals surface area contributed by atoms with Crippen LogP contribution in [0.25, 0.3) is 22.5 Å². The molecule has 39 heavy (non-hydrogen) atoms. The summed E-state index contributed by atoms with van der Waals surface area (Å²) in [7, 11) is 0. The standard InChI is InChI=1S/C33H33N3O3/c1-3-4-12-27-21-23(2)36(20-19-24-10-6-5-7-11-24)32(37)30(27)22-25-15-17-26(18-16-25)28-13-8-9-14-29(28)31-34-33(38)39-35-31/h5-11,13-18,21H,3-4,12,19-20,22H2,1-2H3,(H,34,35,38). The van der Waals surface area contributed by atoms with Crippen LogP contribution in [0.2, 0.25) is 0 Å². The van der Waals surface area contributed by atoms with E-state index in [-0.39, 0.29) is 5.56 Å². The molecule has 0 spiro atoms. The fourth-order valence-electron chi connectivity index (χ4n) is 5.11. The highest BCUT2D eigenvalue weighted by atomic mass is 16.5. The first kappa shape index (κ1) is 26.2. The van der Waals surface area contributed by atoms with Crippen molar-refractivity contribution in [1.82, 2.24) is 14.7 Å². The fourth-order valence-corrected chi connectivity index (χ4v) is 5.11. The molecule has 2 aromatic heterocycles. The van der Waals surface area contributed by atoms with Gasteiger partial charge in [-0.25, -0.2) is 4.79 Å². The van der Waals surface area contributed by atoms with E-state index in [0.29, 0.717) is 18.8 Å². The van der Waals surface area contributed by atoms with Crippen molar-refractivity contribution in [1.29, 1.82) is 0 Å². The lowest BCUT2D eigenvalue weighted by atomic mass is 9.94. The van der Waals surface area contributed by atoms with Gasteiger partial charge in [0.15, 0.2) is 5.82 Å². The number of nitrogens with zero attached hydrogens (tertiary/aromatic N) is 2. The highest BCUT2D eigenvalue weighted by Crippen LogP contribution is 2.30. The van der Waals surface area contributed by atoms with Crippen molar-refractivity contribution in [3.05, 3.63) is 134 Å². The number of rotatable bonds is 10. The Balaban J connectivity index is 1.44. The number of benzene rings is 3. The first-order valence-electron chi connectivity index (χ1n) is 13.5. The van der Waals surface area contributed by atoms with Crippen molar-refractivity contribution < 1.29 is 4.52 Å². The lowest BCUT2D eigenvalue weighted by Crippen LogP contribution is -2.28. The minimum absolute atomic E-state index is 0.112. The lowest BCUT2D eigenvalue weighted by molar-refractivity contribution is 0.388. The second kappa shape index (κ2) is 11.9. The average Bonchev–Trinajstić information content (AvgIpc) is 3.40. The van der Waals surface area contributed by atoms with Gasteiger partial charge in [-0.1, -0.05) is 97.4 Å². The third-order valence-electron chi connectivity index (χ3n) is 7.23. The Morgan fingerprint density at radius 2 is 1.56 bits per heavy atom. The van der Waals surface area contributed by atoms with Gasteiger partial charge in [0, 0.05) is 29.8 Å². The maximum absolute atomic E-state index is 13.8. The molecule has 0 atom stereocenters. The van der Waals surface area contributed by atoms with Crippen LogP contribution in [-0.2, 0) is 25.8 Å². The molecule has 3 aromatic carbocycles. The van der Waals surface area contributed by atoms with E-state index in [0.717, 1.165) is 64.8 Å². The number of aromatic amines is 1. The van der Waals surface area contributed by atoms with E-state index >= 15 is 0 Å². The summed E-state index contributed by atoms with van der Waals surface area (Å²) in [5.41, 5.74) is 8.20. The van der Waals surface area contributed by atoms with E-state index < -0.39 is 5.76 Å². The van der Waals surface area contributed by atoms with Crippen LogP contribution in [0.4, 0.5) is 0 Å². The topological polar surface area (TPSA) is 80.9 Å². The minimum Gasteiger partial charge on any atom is -0.312 e. The van der Waals surface area contributed by atoms with Gasteiger partial charge in [0.2, 0.25) is 0 Å². The van der Waals surface area contributed by atoms with Gasteiger partial charge in [-0.15, -0.1) is 0 Å². The van der Waals surface area contributed by atoms with Gasteiger partial charge in [0.05, 0.1) is 0 Å². The van der Waals surface area contributed by atoms with Gasteiger partial charge in [-0.05, 0) is 60.1 Å². The Kier molecular flexibility index (Phi) is 8.02. The number of aryl methyl sites for hydroxylation is 3. The Labute approximate surface area is 228 Å². The predicted octanol–water partition coefficient (Wildman–Crippen LogP) is 6.34. The average molecular weight is 520 g/mol. The van der Waals surface area contributed by atoms with Crippen LogP contribution in [0.3, 0.4) is 0 Å². The van der Waals surface area contributed by atoms with Gasteiger partial charge < -0.3 is 4.57 Å². The molecular formula is C33H33N3O3. The molecule has 6 nitrogen and oxygen atoms in total. The highest BCUT2D eigenvalue weighted by Gasteiger charge is 2.15. The van der Waals surface area contributed by atoms with Gasteiger partial charge in [-0.3, -0.25) is 14.3 Å². The summed E-state index contributed by atoms with van der Waals surface area (Å²) in [5, 5.41) is 3.86. The fraction of sp³-hybridized carbons (Fsp3) is 0.242. The third kappa shape index (κ3) is 6.01. The van der Waals surface area contributed by atoms with Crippen LogP contribution < -0.4 is 11.3 Å². The summed E-state index contributed by atoms with van der Waals surface area (Å²) in [6, 6.07) is 28.5. The van der Waals surface area contributed by atoms with Crippen molar-refractivity contribution in [2.75, 3.05) is 0 Å². The van der Waals surface area contributed by atoms with Crippen LogP contribution >= 0.6 is 0 Å². The molecule has 0 fully saturated rings. The van der Waals surface area contributed by atoms with Crippen LogP contribution in [0, 0.1) is 6.92 Å². The van der Waals surface area contributed by atoms with E-state index in [4.69, 9.17) is 4.52 Å². The zero-order chi connectivity index (χ0) is 27.2.